The third kappa shape index (κ3) is 6.99. The first kappa shape index (κ1) is 23.6. The van der Waals surface area contributed by atoms with Crippen LogP contribution in [-0.2, 0) is 4.79 Å². The van der Waals surface area contributed by atoms with Gasteiger partial charge >= 0.3 is 0 Å². The Kier molecular flexibility index (Phi) is 8.81. The van der Waals surface area contributed by atoms with Crippen LogP contribution in [0, 0.1) is 5.92 Å². The molecule has 0 spiro atoms. The molecule has 0 saturated carbocycles. The monoisotopic (exact) mass is 441 g/mol. The van der Waals surface area contributed by atoms with Crippen molar-refractivity contribution in [3.8, 4) is 16.9 Å². The number of carbonyl (C=O) groups is 1. The minimum Gasteiger partial charge on any atom is -0.491 e. The van der Waals surface area contributed by atoms with E-state index in [9.17, 15) is 4.79 Å². The molecule has 1 aliphatic heterocycles. The number of nitrogens with zero attached hydrogens (tertiary/aromatic N) is 1. The van der Waals surface area contributed by atoms with Crippen LogP contribution in [0.5, 0.6) is 5.75 Å². The van der Waals surface area contributed by atoms with Gasteiger partial charge in [0, 0.05) is 18.0 Å². The van der Waals surface area contributed by atoms with Crippen LogP contribution >= 0.6 is 11.9 Å². The van der Waals surface area contributed by atoms with Gasteiger partial charge in [-0.1, -0.05) is 24.3 Å². The number of amides is 1. The smallest absolute Gasteiger partial charge is 0.240 e. The first-order chi connectivity index (χ1) is 15.0. The number of hydrogen-bond acceptors (Lipinski definition) is 5. The second-order valence-corrected chi connectivity index (χ2v) is 9.42. The average Bonchev–Trinajstić information content (AvgIpc) is 2.78. The Morgan fingerprint density at radius 3 is 2.48 bits per heavy atom. The summed E-state index contributed by atoms with van der Waals surface area (Å²) >= 11 is 1.51. The molecule has 0 bridgehead atoms. The lowest BCUT2D eigenvalue weighted by Gasteiger charge is -2.33. The van der Waals surface area contributed by atoms with E-state index in [2.05, 4.69) is 35.1 Å². The Morgan fingerprint density at radius 1 is 1.13 bits per heavy atom. The van der Waals surface area contributed by atoms with Crippen LogP contribution in [0.3, 0.4) is 0 Å². The summed E-state index contributed by atoms with van der Waals surface area (Å²) in [6.07, 6.45) is 3.35. The largest absolute Gasteiger partial charge is 0.491 e. The molecule has 0 radical (unpaired) electrons. The number of benzene rings is 2. The Hall–Kier alpha value is -2.02. The first-order valence-electron chi connectivity index (χ1n) is 11.2. The predicted molar refractivity (Wildman–Crippen MR) is 129 cm³/mol. The molecule has 1 unspecified atom stereocenters. The van der Waals surface area contributed by atoms with Crippen molar-refractivity contribution in [2.75, 3.05) is 19.6 Å². The molecule has 6 heteroatoms. The van der Waals surface area contributed by atoms with E-state index in [0.717, 1.165) is 60.7 Å². The average molecular weight is 442 g/mol. The van der Waals surface area contributed by atoms with E-state index in [1.54, 1.807) is 0 Å². The van der Waals surface area contributed by atoms with Gasteiger partial charge < -0.3 is 15.4 Å². The van der Waals surface area contributed by atoms with Gasteiger partial charge in [-0.2, -0.15) is 0 Å². The molecule has 1 fully saturated rings. The molecule has 0 aromatic heterocycles. The number of nitrogens with two attached hydrogens (primary N) is 1. The van der Waals surface area contributed by atoms with Gasteiger partial charge in [-0.05, 0) is 99.8 Å². The Bertz CT molecular complexity index is 833. The molecule has 3 N–H and O–H groups in total. The number of likely N-dealkylation sites (tertiary alicyclic amines) is 1. The Balaban J connectivity index is 1.53. The highest BCUT2D eigenvalue weighted by Crippen LogP contribution is 2.27. The summed E-state index contributed by atoms with van der Waals surface area (Å²) in [6, 6.07) is 16.3. The van der Waals surface area contributed by atoms with Crippen LogP contribution in [0.1, 0.15) is 40.0 Å². The molecule has 2 aromatic rings. The van der Waals surface area contributed by atoms with Gasteiger partial charge in [-0.15, -0.1) is 0 Å². The van der Waals surface area contributed by atoms with E-state index < -0.39 is 0 Å². The second kappa shape index (κ2) is 11.6. The quantitative estimate of drug-likeness (QED) is 0.552. The lowest BCUT2D eigenvalue weighted by atomic mass is 9.93. The van der Waals surface area contributed by atoms with Crippen molar-refractivity contribution in [3.05, 3.63) is 48.5 Å². The van der Waals surface area contributed by atoms with Crippen molar-refractivity contribution in [1.29, 1.82) is 0 Å². The van der Waals surface area contributed by atoms with Gasteiger partial charge in [-0.25, -0.2) is 4.72 Å². The fourth-order valence-electron chi connectivity index (χ4n) is 3.90. The standard InChI is InChI=1S/C25H35N3O2S/c1-18(2)30-23-9-7-21(8-10-23)22-5-4-6-24(17-22)31-27-19(3)25(29)28-15-12-20(11-14-26)13-16-28/h4-10,17-20,27H,11-16,26H2,1-3H3. The predicted octanol–water partition coefficient (Wildman–Crippen LogP) is 4.71. The van der Waals surface area contributed by atoms with Crippen LogP contribution in [0.4, 0.5) is 0 Å². The van der Waals surface area contributed by atoms with Gasteiger partial charge in [0.2, 0.25) is 5.91 Å². The minimum absolute atomic E-state index is 0.165. The zero-order valence-corrected chi connectivity index (χ0v) is 19.7. The summed E-state index contributed by atoms with van der Waals surface area (Å²) in [7, 11) is 0. The zero-order valence-electron chi connectivity index (χ0n) is 18.8. The van der Waals surface area contributed by atoms with Gasteiger partial charge in [0.25, 0.3) is 0 Å². The van der Waals surface area contributed by atoms with Crippen LogP contribution in [0.2, 0.25) is 0 Å². The first-order valence-corrected chi connectivity index (χ1v) is 12.1. The maximum absolute atomic E-state index is 12.8. The molecule has 1 saturated heterocycles. The fourth-order valence-corrected chi connectivity index (χ4v) is 4.64. The van der Waals surface area contributed by atoms with Crippen molar-refractivity contribution < 1.29 is 9.53 Å². The molecule has 1 amide bonds. The third-order valence-electron chi connectivity index (χ3n) is 5.62. The molecule has 3 rings (SSSR count). The van der Waals surface area contributed by atoms with Crippen molar-refractivity contribution >= 4 is 17.9 Å². The van der Waals surface area contributed by atoms with Crippen LogP contribution < -0.4 is 15.2 Å². The van der Waals surface area contributed by atoms with Crippen LogP contribution in [0.25, 0.3) is 11.1 Å². The third-order valence-corrected chi connectivity index (χ3v) is 6.58. The fraction of sp³-hybridized carbons (Fsp3) is 0.480. The molecule has 31 heavy (non-hydrogen) atoms. The molecule has 1 aliphatic rings. The molecule has 168 valence electrons. The van der Waals surface area contributed by atoms with Gasteiger partial charge in [-0.3, -0.25) is 4.79 Å². The molecule has 1 heterocycles. The highest BCUT2D eigenvalue weighted by molar-refractivity contribution is 7.97. The second-order valence-electron chi connectivity index (χ2n) is 8.51. The van der Waals surface area contributed by atoms with Gasteiger partial charge in [0.05, 0.1) is 12.1 Å². The molecule has 5 nitrogen and oxygen atoms in total. The number of piperidine rings is 1. The molecular weight excluding hydrogens is 406 g/mol. The number of hydrogen-bond donors (Lipinski definition) is 2. The lowest BCUT2D eigenvalue weighted by molar-refractivity contribution is -0.133. The topological polar surface area (TPSA) is 67.6 Å². The number of nitrogens with one attached hydrogen (secondary N) is 1. The van der Waals surface area contributed by atoms with E-state index in [1.807, 2.05) is 43.9 Å². The Labute approximate surface area is 190 Å². The molecular formula is C25H35N3O2S. The van der Waals surface area contributed by atoms with Crippen LogP contribution in [-0.4, -0.2) is 42.6 Å². The highest BCUT2D eigenvalue weighted by atomic mass is 32.2. The van der Waals surface area contributed by atoms with Crippen molar-refractivity contribution in [1.82, 2.24) is 9.62 Å². The zero-order chi connectivity index (χ0) is 22.2. The SMILES string of the molecule is CC(C)Oc1ccc(-c2cccc(SNC(C)C(=O)N3CCC(CCN)CC3)c2)cc1. The van der Waals surface area contributed by atoms with Gasteiger partial charge in [0.1, 0.15) is 5.75 Å². The van der Waals surface area contributed by atoms with E-state index >= 15 is 0 Å². The summed E-state index contributed by atoms with van der Waals surface area (Å²) in [4.78, 5) is 15.9. The molecule has 0 aliphatic carbocycles. The molecule has 1 atom stereocenters. The number of carbonyl (C=O) groups excluding carboxylic acids is 1. The van der Waals surface area contributed by atoms with E-state index in [1.165, 1.54) is 11.9 Å². The Morgan fingerprint density at radius 2 is 1.84 bits per heavy atom. The number of rotatable bonds is 9. The van der Waals surface area contributed by atoms with E-state index in [-0.39, 0.29) is 18.1 Å². The summed E-state index contributed by atoms with van der Waals surface area (Å²) < 4.78 is 9.06. The summed E-state index contributed by atoms with van der Waals surface area (Å²) in [6.45, 7) is 8.41. The maximum atomic E-state index is 12.8. The lowest BCUT2D eigenvalue weighted by Crippen LogP contribution is -2.46. The normalized spacial score (nSPS) is 15.8. The van der Waals surface area contributed by atoms with Crippen molar-refractivity contribution in [2.45, 2.75) is 57.1 Å². The number of ether oxygens (including phenoxy) is 1. The minimum atomic E-state index is -0.229. The van der Waals surface area contributed by atoms with Crippen molar-refractivity contribution in [3.63, 3.8) is 0 Å². The summed E-state index contributed by atoms with van der Waals surface area (Å²) in [5.41, 5.74) is 7.95. The summed E-state index contributed by atoms with van der Waals surface area (Å²) in [5, 5.41) is 0. The molecule has 2 aromatic carbocycles. The van der Waals surface area contributed by atoms with E-state index in [4.69, 9.17) is 10.5 Å². The highest BCUT2D eigenvalue weighted by Gasteiger charge is 2.25. The van der Waals surface area contributed by atoms with E-state index in [0.29, 0.717) is 5.92 Å². The van der Waals surface area contributed by atoms with Gasteiger partial charge in [0.15, 0.2) is 0 Å². The van der Waals surface area contributed by atoms with Crippen LogP contribution in [0.15, 0.2) is 53.4 Å². The maximum Gasteiger partial charge on any atom is 0.240 e. The summed E-state index contributed by atoms with van der Waals surface area (Å²) in [5.74, 6) is 1.72. The van der Waals surface area contributed by atoms with Crippen molar-refractivity contribution in [2.24, 2.45) is 11.7 Å².